The second kappa shape index (κ2) is 7.86. The summed E-state index contributed by atoms with van der Waals surface area (Å²) >= 11 is 5.54. The second-order valence-corrected chi connectivity index (χ2v) is 7.17. The monoisotopic (exact) mass is 319 g/mol. The zero-order valence-corrected chi connectivity index (χ0v) is 13.7. The van der Waals surface area contributed by atoms with E-state index in [0.717, 1.165) is 0 Å². The summed E-state index contributed by atoms with van der Waals surface area (Å²) in [5, 5.41) is 0. The van der Waals surface area contributed by atoms with Crippen molar-refractivity contribution in [2.75, 3.05) is 25.6 Å². The van der Waals surface area contributed by atoms with E-state index in [0.29, 0.717) is 36.2 Å². The Morgan fingerprint density at radius 1 is 1.25 bits per heavy atom. The minimum absolute atomic E-state index is 0.288. The molecule has 0 aliphatic heterocycles. The van der Waals surface area contributed by atoms with Crippen molar-refractivity contribution in [3.05, 3.63) is 24.3 Å². The van der Waals surface area contributed by atoms with Gasteiger partial charge in [0.05, 0.1) is 10.8 Å². The highest BCUT2D eigenvalue weighted by Crippen LogP contribution is 2.20. The smallest absolute Gasteiger partial charge is 0.243 e. The summed E-state index contributed by atoms with van der Waals surface area (Å²) in [5.74, 6) is 1.31. The molecular weight excluding hydrogens is 298 g/mol. The Hall–Kier alpha value is -0.780. The summed E-state index contributed by atoms with van der Waals surface area (Å²) in [4.78, 5) is 0.290. The fraction of sp³-hybridized carbons (Fsp3) is 0.571. The molecule has 4 nitrogen and oxygen atoms in total. The maximum absolute atomic E-state index is 12.5. The average molecular weight is 320 g/mol. The molecule has 0 fully saturated rings. The molecule has 0 amide bonds. The van der Waals surface area contributed by atoms with Gasteiger partial charge in [0, 0.05) is 13.1 Å². The molecule has 1 rings (SSSR count). The number of hydrogen-bond donors (Lipinski definition) is 0. The molecule has 0 aliphatic rings. The summed E-state index contributed by atoms with van der Waals surface area (Å²) in [6.07, 6.45) is 0. The van der Waals surface area contributed by atoms with Crippen LogP contribution in [-0.2, 0) is 10.0 Å². The second-order valence-electron chi connectivity index (χ2n) is 4.86. The van der Waals surface area contributed by atoms with Crippen LogP contribution in [0.1, 0.15) is 20.8 Å². The standard InChI is InChI=1S/C14H22ClNO3S/c1-4-16(11-12(2)3)20(17,18)14-7-5-13(6-8-14)19-10-9-15/h5-8,12H,4,9-11H2,1-3H3. The van der Waals surface area contributed by atoms with E-state index < -0.39 is 10.0 Å². The Bertz CT molecular complexity index is 500. The summed E-state index contributed by atoms with van der Waals surface area (Å²) < 4.78 is 31.8. The fourth-order valence-corrected chi connectivity index (χ4v) is 3.51. The minimum Gasteiger partial charge on any atom is -0.492 e. The molecule has 0 spiro atoms. The molecule has 114 valence electrons. The number of rotatable bonds is 8. The molecule has 0 atom stereocenters. The quantitative estimate of drug-likeness (QED) is 0.692. The third-order valence-corrected chi connectivity index (χ3v) is 4.84. The molecule has 0 aromatic heterocycles. The summed E-state index contributed by atoms with van der Waals surface area (Å²) in [6, 6.07) is 6.45. The van der Waals surface area contributed by atoms with Crippen molar-refractivity contribution in [2.45, 2.75) is 25.7 Å². The number of benzene rings is 1. The molecule has 0 heterocycles. The number of halogens is 1. The molecule has 0 aliphatic carbocycles. The molecule has 0 saturated carbocycles. The predicted octanol–water partition coefficient (Wildman–Crippen LogP) is 2.97. The van der Waals surface area contributed by atoms with Gasteiger partial charge in [-0.1, -0.05) is 20.8 Å². The van der Waals surface area contributed by atoms with Gasteiger partial charge in [-0.3, -0.25) is 0 Å². The highest BCUT2D eigenvalue weighted by atomic mass is 35.5. The maximum atomic E-state index is 12.5. The number of nitrogens with zero attached hydrogens (tertiary/aromatic N) is 1. The van der Waals surface area contributed by atoms with Crippen LogP contribution < -0.4 is 4.74 Å². The first-order valence-electron chi connectivity index (χ1n) is 6.70. The van der Waals surface area contributed by atoms with Crippen LogP contribution in [0, 0.1) is 5.92 Å². The number of ether oxygens (including phenoxy) is 1. The van der Waals surface area contributed by atoms with Gasteiger partial charge in [0.25, 0.3) is 0 Å². The predicted molar refractivity (Wildman–Crippen MR) is 81.9 cm³/mol. The lowest BCUT2D eigenvalue weighted by Crippen LogP contribution is -2.34. The van der Waals surface area contributed by atoms with Gasteiger partial charge >= 0.3 is 0 Å². The highest BCUT2D eigenvalue weighted by molar-refractivity contribution is 7.89. The lowest BCUT2D eigenvalue weighted by molar-refractivity contribution is 0.342. The summed E-state index contributed by atoms with van der Waals surface area (Å²) in [6.45, 7) is 7.23. The third kappa shape index (κ3) is 4.65. The fourth-order valence-electron chi connectivity index (χ4n) is 1.82. The van der Waals surface area contributed by atoms with Crippen molar-refractivity contribution in [2.24, 2.45) is 5.92 Å². The van der Waals surface area contributed by atoms with Crippen molar-refractivity contribution in [3.8, 4) is 5.75 Å². The molecule has 6 heteroatoms. The molecule has 1 aromatic rings. The third-order valence-electron chi connectivity index (χ3n) is 2.73. The van der Waals surface area contributed by atoms with Crippen LogP contribution in [0.15, 0.2) is 29.2 Å². The van der Waals surface area contributed by atoms with Crippen LogP contribution >= 0.6 is 11.6 Å². The van der Waals surface area contributed by atoms with Gasteiger partial charge in [-0.25, -0.2) is 8.42 Å². The number of alkyl halides is 1. The topological polar surface area (TPSA) is 46.6 Å². The SMILES string of the molecule is CCN(CC(C)C)S(=O)(=O)c1ccc(OCCCl)cc1. The molecule has 20 heavy (non-hydrogen) atoms. The van der Waals surface area contributed by atoms with E-state index in [-0.39, 0.29) is 5.92 Å². The lowest BCUT2D eigenvalue weighted by Gasteiger charge is -2.22. The first kappa shape index (κ1) is 17.3. The van der Waals surface area contributed by atoms with Crippen molar-refractivity contribution in [3.63, 3.8) is 0 Å². The van der Waals surface area contributed by atoms with Crippen molar-refractivity contribution < 1.29 is 13.2 Å². The van der Waals surface area contributed by atoms with Crippen LogP contribution in [0.2, 0.25) is 0 Å². The first-order valence-corrected chi connectivity index (χ1v) is 8.68. The Labute approximate surface area is 126 Å². The lowest BCUT2D eigenvalue weighted by atomic mass is 10.2. The van der Waals surface area contributed by atoms with Gasteiger partial charge in [0.1, 0.15) is 12.4 Å². The van der Waals surface area contributed by atoms with Crippen molar-refractivity contribution in [1.29, 1.82) is 0 Å². The van der Waals surface area contributed by atoms with Gasteiger partial charge < -0.3 is 4.74 Å². The van der Waals surface area contributed by atoms with Crippen LogP contribution in [0.3, 0.4) is 0 Å². The van der Waals surface area contributed by atoms with Crippen molar-refractivity contribution in [1.82, 2.24) is 4.31 Å². The molecule has 0 bridgehead atoms. The van der Waals surface area contributed by atoms with E-state index in [1.807, 2.05) is 20.8 Å². The van der Waals surface area contributed by atoms with Crippen LogP contribution in [0.25, 0.3) is 0 Å². The van der Waals surface area contributed by atoms with Gasteiger partial charge in [0.15, 0.2) is 0 Å². The normalized spacial score (nSPS) is 12.1. The van der Waals surface area contributed by atoms with Gasteiger partial charge in [0.2, 0.25) is 10.0 Å². The molecule has 0 radical (unpaired) electrons. The Kier molecular flexibility index (Phi) is 6.79. The Morgan fingerprint density at radius 2 is 1.85 bits per heavy atom. The van der Waals surface area contributed by atoms with E-state index in [2.05, 4.69) is 0 Å². The highest BCUT2D eigenvalue weighted by Gasteiger charge is 2.23. The Balaban J connectivity index is 2.91. The van der Waals surface area contributed by atoms with Gasteiger partial charge in [-0.2, -0.15) is 4.31 Å². The van der Waals surface area contributed by atoms with E-state index >= 15 is 0 Å². The first-order chi connectivity index (χ1) is 9.41. The summed E-state index contributed by atoms with van der Waals surface area (Å²) in [7, 11) is -3.43. The average Bonchev–Trinajstić information content (AvgIpc) is 2.42. The molecule has 0 unspecified atom stereocenters. The van der Waals surface area contributed by atoms with Crippen molar-refractivity contribution >= 4 is 21.6 Å². The van der Waals surface area contributed by atoms with Crippen LogP contribution in [-0.4, -0.2) is 38.3 Å². The zero-order valence-electron chi connectivity index (χ0n) is 12.2. The minimum atomic E-state index is -3.43. The van der Waals surface area contributed by atoms with Crippen LogP contribution in [0.4, 0.5) is 0 Å². The van der Waals surface area contributed by atoms with E-state index in [4.69, 9.17) is 16.3 Å². The van der Waals surface area contributed by atoms with E-state index in [1.54, 1.807) is 24.3 Å². The Morgan fingerprint density at radius 3 is 2.30 bits per heavy atom. The molecule has 1 aromatic carbocycles. The largest absolute Gasteiger partial charge is 0.492 e. The summed E-state index contributed by atoms with van der Waals surface area (Å²) in [5.41, 5.74) is 0. The van der Waals surface area contributed by atoms with E-state index in [9.17, 15) is 8.42 Å². The molecule has 0 N–H and O–H groups in total. The maximum Gasteiger partial charge on any atom is 0.243 e. The number of hydrogen-bond acceptors (Lipinski definition) is 3. The van der Waals surface area contributed by atoms with Crippen LogP contribution in [0.5, 0.6) is 5.75 Å². The molecular formula is C14H22ClNO3S. The van der Waals surface area contributed by atoms with Gasteiger partial charge in [-0.05, 0) is 30.2 Å². The molecule has 0 saturated heterocycles. The van der Waals surface area contributed by atoms with Gasteiger partial charge in [-0.15, -0.1) is 11.6 Å². The number of sulfonamides is 1. The van der Waals surface area contributed by atoms with E-state index in [1.165, 1.54) is 4.31 Å². The zero-order chi connectivity index (χ0) is 15.2.